The van der Waals surface area contributed by atoms with Crippen LogP contribution in [0.2, 0.25) is 0 Å². The van der Waals surface area contributed by atoms with Gasteiger partial charge in [-0.2, -0.15) is 0 Å². The van der Waals surface area contributed by atoms with Crippen LogP contribution in [0.4, 0.5) is 0 Å². The van der Waals surface area contributed by atoms with Crippen LogP contribution < -0.4 is 0 Å². The lowest BCUT2D eigenvalue weighted by Crippen LogP contribution is -2.52. The van der Waals surface area contributed by atoms with Gasteiger partial charge in [0.1, 0.15) is 11.1 Å². The van der Waals surface area contributed by atoms with Crippen LogP contribution in [0.15, 0.2) is 24.3 Å². The number of carbonyl (C=O) groups is 1. The number of benzene rings is 1. The summed E-state index contributed by atoms with van der Waals surface area (Å²) in [5.41, 5.74) is 1.16. The van der Waals surface area contributed by atoms with Crippen LogP contribution in [-0.4, -0.2) is 23.5 Å². The lowest BCUT2D eigenvalue weighted by molar-refractivity contribution is -0.173. The van der Waals surface area contributed by atoms with Crippen molar-refractivity contribution in [1.29, 1.82) is 0 Å². The van der Waals surface area contributed by atoms with E-state index in [2.05, 4.69) is 30.9 Å². The van der Waals surface area contributed by atoms with Crippen molar-refractivity contribution in [3.8, 4) is 0 Å². The Balaban J connectivity index is 2.53. The van der Waals surface area contributed by atoms with Crippen molar-refractivity contribution in [3.05, 3.63) is 35.4 Å². The minimum absolute atomic E-state index is 0.144. The maximum Gasteiger partial charge on any atom is 0.332 e. The Bertz CT molecular complexity index is 516. The van der Waals surface area contributed by atoms with Gasteiger partial charge in [-0.05, 0) is 44.9 Å². The predicted molar refractivity (Wildman–Crippen MR) is 80.3 cm³/mol. The molecule has 1 unspecified atom stereocenters. The molecular weight excluding hydrogens is 250 g/mol. The second-order valence-electron chi connectivity index (χ2n) is 6.94. The van der Waals surface area contributed by atoms with E-state index in [-0.39, 0.29) is 11.9 Å². The summed E-state index contributed by atoms with van der Waals surface area (Å²) in [5, 5.41) is 0. The molecule has 0 N–H and O–H groups in total. The summed E-state index contributed by atoms with van der Waals surface area (Å²) in [6, 6.07) is 8.18. The fourth-order valence-corrected chi connectivity index (χ4v) is 3.23. The van der Waals surface area contributed by atoms with Crippen molar-refractivity contribution >= 4 is 5.97 Å². The van der Waals surface area contributed by atoms with E-state index in [0.717, 1.165) is 12.1 Å². The molecule has 1 aromatic rings. The number of rotatable bonds is 2. The van der Waals surface area contributed by atoms with E-state index < -0.39 is 11.1 Å². The minimum atomic E-state index is -0.677. The van der Waals surface area contributed by atoms with E-state index in [1.807, 2.05) is 40.0 Å². The maximum absolute atomic E-state index is 12.9. The van der Waals surface area contributed by atoms with Gasteiger partial charge in [0, 0.05) is 6.54 Å². The Hall–Kier alpha value is -1.35. The van der Waals surface area contributed by atoms with Gasteiger partial charge in [-0.3, -0.25) is 4.90 Å². The highest BCUT2D eigenvalue weighted by Crippen LogP contribution is 2.45. The Morgan fingerprint density at radius 1 is 1.30 bits per heavy atom. The van der Waals surface area contributed by atoms with E-state index in [0.29, 0.717) is 0 Å². The second-order valence-corrected chi connectivity index (χ2v) is 6.94. The third kappa shape index (κ3) is 2.24. The zero-order valence-electron chi connectivity index (χ0n) is 13.4. The molecule has 0 amide bonds. The van der Waals surface area contributed by atoms with Gasteiger partial charge in [0.2, 0.25) is 0 Å². The third-order valence-electron chi connectivity index (χ3n) is 3.98. The molecule has 1 atom stereocenters. The Labute approximate surface area is 121 Å². The van der Waals surface area contributed by atoms with Crippen molar-refractivity contribution in [1.82, 2.24) is 4.90 Å². The summed E-state index contributed by atoms with van der Waals surface area (Å²) in [6.07, 6.45) is 0. The number of likely N-dealkylation sites (N-methyl/N-ethyl adjacent to an activating group) is 1. The molecule has 1 heterocycles. The molecule has 0 spiro atoms. The number of carbonyl (C=O) groups excluding carboxylic acids is 1. The summed E-state index contributed by atoms with van der Waals surface area (Å²) < 4.78 is 5.73. The largest absolute Gasteiger partial charge is 0.458 e. The molecule has 20 heavy (non-hydrogen) atoms. The molecule has 0 aromatic heterocycles. The third-order valence-corrected chi connectivity index (χ3v) is 3.98. The van der Waals surface area contributed by atoms with Crippen LogP contribution in [0.3, 0.4) is 0 Å². The summed E-state index contributed by atoms with van der Waals surface area (Å²) >= 11 is 0. The van der Waals surface area contributed by atoms with Gasteiger partial charge in [-0.25, -0.2) is 4.79 Å². The van der Waals surface area contributed by atoms with Crippen molar-refractivity contribution < 1.29 is 9.53 Å². The van der Waals surface area contributed by atoms with Crippen molar-refractivity contribution in [3.63, 3.8) is 0 Å². The monoisotopic (exact) mass is 275 g/mol. The summed E-state index contributed by atoms with van der Waals surface area (Å²) in [6.45, 7) is 10.7. The first kappa shape index (κ1) is 15.0. The van der Waals surface area contributed by atoms with Crippen LogP contribution >= 0.6 is 0 Å². The van der Waals surface area contributed by atoms with E-state index >= 15 is 0 Å². The Kier molecular flexibility index (Phi) is 3.67. The van der Waals surface area contributed by atoms with E-state index in [9.17, 15) is 4.79 Å². The number of hydrogen-bond donors (Lipinski definition) is 0. The molecule has 1 aromatic carbocycles. The molecular formula is C17H25NO2. The maximum atomic E-state index is 12.9. The molecule has 2 rings (SSSR count). The molecule has 3 nitrogen and oxygen atoms in total. The number of hydrogen-bond acceptors (Lipinski definition) is 3. The summed E-state index contributed by atoms with van der Waals surface area (Å²) in [4.78, 5) is 15.1. The first-order valence-corrected chi connectivity index (χ1v) is 7.22. The molecule has 0 aliphatic carbocycles. The highest BCUT2D eigenvalue weighted by molar-refractivity contribution is 5.85. The van der Waals surface area contributed by atoms with E-state index in [4.69, 9.17) is 4.74 Å². The molecule has 110 valence electrons. The number of fused-ring (bicyclic) bond motifs is 1. The normalized spacial score (nSPS) is 22.9. The van der Waals surface area contributed by atoms with Crippen molar-refractivity contribution in [2.24, 2.45) is 5.92 Å². The lowest BCUT2D eigenvalue weighted by Gasteiger charge is -2.40. The van der Waals surface area contributed by atoms with E-state index in [1.165, 1.54) is 5.56 Å². The lowest BCUT2D eigenvalue weighted by atomic mass is 9.79. The van der Waals surface area contributed by atoms with Crippen molar-refractivity contribution in [2.45, 2.75) is 52.3 Å². The first-order valence-electron chi connectivity index (χ1n) is 7.22. The first-order chi connectivity index (χ1) is 9.19. The van der Waals surface area contributed by atoms with Crippen molar-refractivity contribution in [2.75, 3.05) is 7.05 Å². The van der Waals surface area contributed by atoms with Gasteiger partial charge in [-0.1, -0.05) is 38.1 Å². The van der Waals surface area contributed by atoms with Gasteiger partial charge in [0.25, 0.3) is 0 Å². The van der Waals surface area contributed by atoms with Gasteiger partial charge in [0.15, 0.2) is 0 Å². The molecule has 0 saturated heterocycles. The van der Waals surface area contributed by atoms with E-state index in [1.54, 1.807) is 0 Å². The molecule has 0 fully saturated rings. The molecule has 1 aliphatic rings. The smallest absolute Gasteiger partial charge is 0.332 e. The molecule has 3 heteroatoms. The topological polar surface area (TPSA) is 29.5 Å². The fourth-order valence-electron chi connectivity index (χ4n) is 3.23. The SMILES string of the molecule is CC(C)C1(C(=O)OC(C)(C)C)c2ccccc2CN1C. The molecule has 0 bridgehead atoms. The summed E-state index contributed by atoms with van der Waals surface area (Å²) in [5.74, 6) is -0.00144. The second kappa shape index (κ2) is 4.88. The molecule has 0 saturated carbocycles. The van der Waals surface area contributed by atoms with Gasteiger partial charge >= 0.3 is 5.97 Å². The molecule has 1 aliphatic heterocycles. The highest BCUT2D eigenvalue weighted by atomic mass is 16.6. The van der Waals surface area contributed by atoms with Crippen LogP contribution in [-0.2, 0) is 21.6 Å². The average Bonchev–Trinajstić information content (AvgIpc) is 2.59. The van der Waals surface area contributed by atoms with Crippen LogP contribution in [0, 0.1) is 5.92 Å². The summed E-state index contributed by atoms with van der Waals surface area (Å²) in [7, 11) is 2.00. The predicted octanol–water partition coefficient (Wildman–Crippen LogP) is 3.33. The van der Waals surface area contributed by atoms with Crippen LogP contribution in [0.25, 0.3) is 0 Å². The quantitative estimate of drug-likeness (QED) is 0.775. The van der Waals surface area contributed by atoms with Gasteiger partial charge in [-0.15, -0.1) is 0 Å². The zero-order chi connectivity index (χ0) is 15.1. The zero-order valence-corrected chi connectivity index (χ0v) is 13.4. The standard InChI is InChI=1S/C17H25NO2/c1-12(2)17(15(19)20-16(3,4)5)14-10-8-7-9-13(14)11-18(17)6/h7-10,12H,11H2,1-6H3. The number of esters is 1. The van der Waals surface area contributed by atoms with Crippen LogP contribution in [0.1, 0.15) is 45.7 Å². The number of ether oxygens (including phenoxy) is 1. The highest BCUT2D eigenvalue weighted by Gasteiger charge is 2.53. The minimum Gasteiger partial charge on any atom is -0.458 e. The Morgan fingerprint density at radius 2 is 1.90 bits per heavy atom. The number of nitrogens with zero attached hydrogens (tertiary/aromatic N) is 1. The average molecular weight is 275 g/mol. The van der Waals surface area contributed by atoms with Crippen LogP contribution in [0.5, 0.6) is 0 Å². The van der Waals surface area contributed by atoms with Gasteiger partial charge < -0.3 is 4.74 Å². The van der Waals surface area contributed by atoms with Gasteiger partial charge in [0.05, 0.1) is 0 Å². The Morgan fingerprint density at radius 3 is 2.45 bits per heavy atom. The fraction of sp³-hybridized carbons (Fsp3) is 0.588. The molecule has 0 radical (unpaired) electrons.